The number of hydrogen-bond acceptors (Lipinski definition) is 4. The molecule has 0 spiro atoms. The van der Waals surface area contributed by atoms with Gasteiger partial charge in [-0.05, 0) is 61.0 Å². The zero-order chi connectivity index (χ0) is 20.2. The van der Waals surface area contributed by atoms with E-state index in [1.807, 2.05) is 26.8 Å². The number of methoxy groups -OCH3 is 2. The maximum atomic E-state index is 13.1. The van der Waals surface area contributed by atoms with Crippen LogP contribution in [0.1, 0.15) is 41.5 Å². The van der Waals surface area contributed by atoms with Gasteiger partial charge in [0.1, 0.15) is 0 Å². The van der Waals surface area contributed by atoms with Crippen molar-refractivity contribution in [3.8, 4) is 11.5 Å². The minimum absolute atomic E-state index is 0.269. The summed E-state index contributed by atoms with van der Waals surface area (Å²) in [6.07, 6.45) is 0. The standard InChI is InChI=1S/C20H23BrN2O4/c1-20(2,3)23(19(25)13-9-6-7-11-15(13)21)22-18(24)14-10-8-12-16(26-4)17(14)27-5/h6-12H,1-5H3,(H,22,24). The number of benzene rings is 2. The maximum Gasteiger partial charge on any atom is 0.273 e. The van der Waals surface area contributed by atoms with Gasteiger partial charge in [0, 0.05) is 4.47 Å². The topological polar surface area (TPSA) is 67.9 Å². The highest BCUT2D eigenvalue weighted by Crippen LogP contribution is 2.31. The van der Waals surface area contributed by atoms with Gasteiger partial charge in [0.2, 0.25) is 0 Å². The number of hydrazine groups is 1. The van der Waals surface area contributed by atoms with Crippen LogP contribution < -0.4 is 14.9 Å². The normalized spacial score (nSPS) is 10.9. The fourth-order valence-corrected chi connectivity index (χ4v) is 2.96. The van der Waals surface area contributed by atoms with E-state index in [9.17, 15) is 9.59 Å². The fraction of sp³-hybridized carbons (Fsp3) is 0.300. The molecule has 0 bridgehead atoms. The SMILES string of the molecule is COc1cccc(C(=O)NN(C(=O)c2ccccc2Br)C(C)(C)C)c1OC. The first kappa shape index (κ1) is 20.8. The average Bonchev–Trinajstić information content (AvgIpc) is 2.64. The van der Waals surface area contributed by atoms with Gasteiger partial charge in [-0.3, -0.25) is 15.0 Å². The number of rotatable bonds is 4. The summed E-state index contributed by atoms with van der Waals surface area (Å²) < 4.78 is 11.2. The summed E-state index contributed by atoms with van der Waals surface area (Å²) in [6.45, 7) is 5.51. The molecule has 2 aromatic carbocycles. The van der Waals surface area contributed by atoms with Crippen LogP contribution in [0, 0.1) is 0 Å². The van der Waals surface area contributed by atoms with Crippen molar-refractivity contribution in [1.29, 1.82) is 0 Å². The molecule has 6 nitrogen and oxygen atoms in total. The molecule has 144 valence electrons. The van der Waals surface area contributed by atoms with Crippen molar-refractivity contribution in [3.63, 3.8) is 0 Å². The highest BCUT2D eigenvalue weighted by atomic mass is 79.9. The number of nitrogens with zero attached hydrogens (tertiary/aromatic N) is 1. The van der Waals surface area contributed by atoms with Gasteiger partial charge in [0.05, 0.1) is 30.9 Å². The van der Waals surface area contributed by atoms with Crippen LogP contribution in [0.25, 0.3) is 0 Å². The lowest BCUT2D eigenvalue weighted by Gasteiger charge is -2.35. The number of carbonyl (C=O) groups excluding carboxylic acids is 2. The molecule has 0 aliphatic heterocycles. The number of nitrogens with one attached hydrogen (secondary N) is 1. The second kappa shape index (κ2) is 8.43. The molecule has 27 heavy (non-hydrogen) atoms. The van der Waals surface area contributed by atoms with Gasteiger partial charge in [-0.15, -0.1) is 0 Å². The third kappa shape index (κ3) is 4.60. The number of halogens is 1. The van der Waals surface area contributed by atoms with E-state index in [1.54, 1.807) is 36.4 Å². The Morgan fingerprint density at radius 2 is 1.59 bits per heavy atom. The van der Waals surface area contributed by atoms with Gasteiger partial charge in [-0.25, -0.2) is 5.01 Å². The Kier molecular flexibility index (Phi) is 6.49. The maximum absolute atomic E-state index is 13.1. The summed E-state index contributed by atoms with van der Waals surface area (Å²) in [4.78, 5) is 26.0. The van der Waals surface area contributed by atoms with Crippen molar-refractivity contribution < 1.29 is 19.1 Å². The minimum atomic E-state index is -0.659. The van der Waals surface area contributed by atoms with Crippen molar-refractivity contribution in [2.75, 3.05) is 14.2 Å². The molecule has 2 rings (SSSR count). The molecule has 2 amide bonds. The van der Waals surface area contributed by atoms with Crippen molar-refractivity contribution in [3.05, 3.63) is 58.1 Å². The van der Waals surface area contributed by atoms with Crippen molar-refractivity contribution in [2.45, 2.75) is 26.3 Å². The highest BCUT2D eigenvalue weighted by Gasteiger charge is 2.31. The molecule has 0 fully saturated rings. The van der Waals surface area contributed by atoms with Gasteiger partial charge < -0.3 is 9.47 Å². The largest absolute Gasteiger partial charge is 0.493 e. The molecule has 0 radical (unpaired) electrons. The van der Waals surface area contributed by atoms with Gasteiger partial charge in [-0.2, -0.15) is 0 Å². The Morgan fingerprint density at radius 3 is 2.15 bits per heavy atom. The monoisotopic (exact) mass is 434 g/mol. The zero-order valence-electron chi connectivity index (χ0n) is 16.0. The third-order valence-corrected chi connectivity index (χ3v) is 4.53. The zero-order valence-corrected chi connectivity index (χ0v) is 17.6. The summed E-state index contributed by atoms with van der Waals surface area (Å²) in [5, 5.41) is 1.31. The van der Waals surface area contributed by atoms with Crippen LogP contribution in [0.2, 0.25) is 0 Å². The molecule has 0 aromatic heterocycles. The lowest BCUT2D eigenvalue weighted by Crippen LogP contribution is -2.56. The number of hydrogen-bond donors (Lipinski definition) is 1. The second-order valence-corrected chi connectivity index (χ2v) is 7.63. The van der Waals surface area contributed by atoms with E-state index in [1.165, 1.54) is 19.2 Å². The second-order valence-electron chi connectivity index (χ2n) is 6.77. The Morgan fingerprint density at radius 1 is 0.963 bits per heavy atom. The van der Waals surface area contributed by atoms with Crippen LogP contribution in [0.15, 0.2) is 46.9 Å². The Bertz CT molecular complexity index is 846. The lowest BCUT2D eigenvalue weighted by molar-refractivity contribution is 0.0356. The van der Waals surface area contributed by atoms with Gasteiger partial charge in [0.15, 0.2) is 11.5 Å². The van der Waals surface area contributed by atoms with E-state index in [0.717, 1.165) is 0 Å². The van der Waals surface area contributed by atoms with Crippen LogP contribution >= 0.6 is 15.9 Å². The van der Waals surface area contributed by atoms with Gasteiger partial charge in [0.25, 0.3) is 11.8 Å². The predicted molar refractivity (Wildman–Crippen MR) is 107 cm³/mol. The van der Waals surface area contributed by atoms with Gasteiger partial charge >= 0.3 is 0 Å². The predicted octanol–water partition coefficient (Wildman–Crippen LogP) is 4.05. The molecule has 0 saturated heterocycles. The molecule has 0 atom stereocenters. The van der Waals surface area contributed by atoms with Crippen LogP contribution in [-0.2, 0) is 0 Å². The summed E-state index contributed by atoms with van der Waals surface area (Å²) in [5.41, 5.74) is 2.77. The highest BCUT2D eigenvalue weighted by molar-refractivity contribution is 9.10. The van der Waals surface area contributed by atoms with E-state index in [2.05, 4.69) is 21.4 Å². The first-order chi connectivity index (χ1) is 12.7. The van der Waals surface area contributed by atoms with Crippen molar-refractivity contribution in [2.24, 2.45) is 0 Å². The first-order valence-corrected chi connectivity index (χ1v) is 9.11. The van der Waals surface area contributed by atoms with Crippen LogP contribution in [0.4, 0.5) is 0 Å². The molecular formula is C20H23BrN2O4. The van der Waals surface area contributed by atoms with Crippen LogP contribution in [0.5, 0.6) is 11.5 Å². The summed E-state index contributed by atoms with van der Waals surface area (Å²) in [7, 11) is 2.96. The Hall–Kier alpha value is -2.54. The quantitative estimate of drug-likeness (QED) is 0.736. The van der Waals surface area contributed by atoms with Crippen LogP contribution in [-0.4, -0.2) is 36.6 Å². The number of ether oxygens (including phenoxy) is 2. The van der Waals surface area contributed by atoms with Crippen LogP contribution in [0.3, 0.4) is 0 Å². The van der Waals surface area contributed by atoms with E-state index in [4.69, 9.17) is 9.47 Å². The molecule has 0 aliphatic carbocycles. The number of carbonyl (C=O) groups is 2. The fourth-order valence-electron chi connectivity index (χ4n) is 2.51. The summed E-state index contributed by atoms with van der Waals surface area (Å²) in [6, 6.07) is 12.1. The molecule has 0 saturated carbocycles. The van der Waals surface area contributed by atoms with Crippen molar-refractivity contribution in [1.82, 2.24) is 10.4 Å². The van der Waals surface area contributed by atoms with Crippen molar-refractivity contribution >= 4 is 27.7 Å². The van der Waals surface area contributed by atoms with E-state index in [0.29, 0.717) is 21.5 Å². The minimum Gasteiger partial charge on any atom is -0.493 e. The van der Waals surface area contributed by atoms with E-state index in [-0.39, 0.29) is 11.5 Å². The molecule has 1 N–H and O–H groups in total. The Labute approximate surface area is 167 Å². The molecule has 0 aliphatic rings. The van der Waals surface area contributed by atoms with Gasteiger partial charge in [-0.1, -0.05) is 18.2 Å². The number of para-hydroxylation sites is 1. The third-order valence-electron chi connectivity index (χ3n) is 3.84. The lowest BCUT2D eigenvalue weighted by atomic mass is 10.1. The smallest absolute Gasteiger partial charge is 0.273 e. The summed E-state index contributed by atoms with van der Waals surface area (Å²) >= 11 is 3.39. The molecular weight excluding hydrogens is 412 g/mol. The van der Waals surface area contributed by atoms with E-state index < -0.39 is 11.4 Å². The average molecular weight is 435 g/mol. The Balaban J connectivity index is 2.40. The number of amides is 2. The molecule has 0 heterocycles. The van der Waals surface area contributed by atoms with E-state index >= 15 is 0 Å². The molecule has 0 unspecified atom stereocenters. The summed E-state index contributed by atoms with van der Waals surface area (Å²) in [5.74, 6) is -0.0597. The first-order valence-electron chi connectivity index (χ1n) is 8.31. The molecule has 2 aromatic rings. The molecule has 7 heteroatoms.